The van der Waals surface area contributed by atoms with Gasteiger partial charge in [0, 0.05) is 16.3 Å². The summed E-state index contributed by atoms with van der Waals surface area (Å²) in [4.78, 5) is 11.2. The van der Waals surface area contributed by atoms with E-state index in [0.717, 1.165) is 6.54 Å². The number of nitrogens with zero attached hydrogens (tertiary/aromatic N) is 2. The fraction of sp³-hybridized carbons (Fsp3) is 0.429. The third-order valence-corrected chi connectivity index (χ3v) is 4.24. The van der Waals surface area contributed by atoms with E-state index in [1.165, 1.54) is 15.3 Å². The van der Waals surface area contributed by atoms with E-state index in [-0.39, 0.29) is 6.04 Å². The second-order valence-electron chi connectivity index (χ2n) is 4.66. The molecule has 0 saturated carbocycles. The lowest BCUT2D eigenvalue weighted by atomic mass is 10.1. The number of hydrogen-bond acceptors (Lipinski definition) is 5. The number of anilines is 2. The number of halogens is 1. The van der Waals surface area contributed by atoms with Gasteiger partial charge < -0.3 is 10.6 Å². The number of aryl methyl sites for hydroxylation is 2. The lowest BCUT2D eigenvalue weighted by Crippen LogP contribution is -2.10. The lowest BCUT2D eigenvalue weighted by molar-refractivity contribution is 0.869. The molecular formula is C14H19ClN4S. The highest BCUT2D eigenvalue weighted by Gasteiger charge is 2.14. The molecule has 2 heterocycles. The zero-order valence-corrected chi connectivity index (χ0v) is 13.7. The molecule has 0 aliphatic heterocycles. The SMILES string of the molecule is CCNc1ncc(Cl)c(NC(C)c2cc(C)sc2C)n1. The molecule has 2 N–H and O–H groups in total. The molecule has 6 heteroatoms. The van der Waals surface area contributed by atoms with Gasteiger partial charge in [-0.25, -0.2) is 4.98 Å². The van der Waals surface area contributed by atoms with Gasteiger partial charge in [0.15, 0.2) is 5.82 Å². The predicted molar refractivity (Wildman–Crippen MR) is 87.0 cm³/mol. The molecule has 0 spiro atoms. The van der Waals surface area contributed by atoms with Gasteiger partial charge in [-0.05, 0) is 39.3 Å². The first-order valence-electron chi connectivity index (χ1n) is 6.61. The second-order valence-corrected chi connectivity index (χ2v) is 6.52. The van der Waals surface area contributed by atoms with Gasteiger partial charge in [0.1, 0.15) is 5.02 Å². The maximum absolute atomic E-state index is 6.16. The highest BCUT2D eigenvalue weighted by Crippen LogP contribution is 2.30. The van der Waals surface area contributed by atoms with Crippen LogP contribution in [0.5, 0.6) is 0 Å². The van der Waals surface area contributed by atoms with Crippen molar-refractivity contribution >= 4 is 34.7 Å². The quantitative estimate of drug-likeness (QED) is 0.858. The smallest absolute Gasteiger partial charge is 0.224 e. The molecule has 108 valence electrons. The van der Waals surface area contributed by atoms with Crippen LogP contribution >= 0.6 is 22.9 Å². The third kappa shape index (κ3) is 3.41. The summed E-state index contributed by atoms with van der Waals surface area (Å²) in [7, 11) is 0. The van der Waals surface area contributed by atoms with E-state index in [1.54, 1.807) is 17.5 Å². The van der Waals surface area contributed by atoms with Gasteiger partial charge in [0.2, 0.25) is 5.95 Å². The maximum atomic E-state index is 6.16. The molecule has 0 aliphatic carbocycles. The number of nitrogens with one attached hydrogen (secondary N) is 2. The third-order valence-electron chi connectivity index (χ3n) is 2.98. The van der Waals surface area contributed by atoms with Crippen molar-refractivity contribution in [2.24, 2.45) is 0 Å². The van der Waals surface area contributed by atoms with Crippen LogP contribution in [0.25, 0.3) is 0 Å². The Labute approximate surface area is 128 Å². The summed E-state index contributed by atoms with van der Waals surface area (Å²) in [6, 6.07) is 2.36. The van der Waals surface area contributed by atoms with Crippen LogP contribution < -0.4 is 10.6 Å². The topological polar surface area (TPSA) is 49.8 Å². The molecule has 0 bridgehead atoms. The number of rotatable bonds is 5. The van der Waals surface area contributed by atoms with E-state index >= 15 is 0 Å². The first kappa shape index (κ1) is 15.1. The van der Waals surface area contributed by atoms with E-state index in [0.29, 0.717) is 16.8 Å². The molecule has 2 aromatic rings. The van der Waals surface area contributed by atoms with Crippen molar-refractivity contribution < 1.29 is 0 Å². The minimum Gasteiger partial charge on any atom is -0.362 e. The minimum absolute atomic E-state index is 0.154. The number of hydrogen-bond donors (Lipinski definition) is 2. The molecule has 2 rings (SSSR count). The molecule has 1 atom stereocenters. The van der Waals surface area contributed by atoms with Crippen molar-refractivity contribution in [2.75, 3.05) is 17.2 Å². The first-order valence-corrected chi connectivity index (χ1v) is 7.80. The van der Waals surface area contributed by atoms with Crippen molar-refractivity contribution in [3.05, 3.63) is 32.6 Å². The maximum Gasteiger partial charge on any atom is 0.224 e. The highest BCUT2D eigenvalue weighted by atomic mass is 35.5. The Morgan fingerprint density at radius 2 is 2.15 bits per heavy atom. The van der Waals surface area contributed by atoms with Gasteiger partial charge in [-0.15, -0.1) is 11.3 Å². The Bertz CT molecular complexity index is 597. The summed E-state index contributed by atoms with van der Waals surface area (Å²) < 4.78 is 0. The van der Waals surface area contributed by atoms with Crippen LogP contribution in [0.1, 0.15) is 35.2 Å². The lowest BCUT2D eigenvalue weighted by Gasteiger charge is -2.16. The van der Waals surface area contributed by atoms with E-state index in [2.05, 4.69) is 47.4 Å². The molecule has 0 radical (unpaired) electrons. The van der Waals surface area contributed by atoms with Gasteiger partial charge in [-0.2, -0.15) is 4.98 Å². The summed E-state index contributed by atoms with van der Waals surface area (Å²) >= 11 is 7.97. The van der Waals surface area contributed by atoms with Crippen molar-refractivity contribution in [1.29, 1.82) is 0 Å². The Morgan fingerprint density at radius 1 is 1.40 bits per heavy atom. The average molecular weight is 311 g/mol. The standard InChI is InChI=1S/C14H19ClN4S/c1-5-16-14-17-7-12(15)13(19-14)18-9(3)11-6-8(2)20-10(11)4/h6-7,9H,5H2,1-4H3,(H2,16,17,18,19). The molecule has 0 aliphatic rings. The number of thiophene rings is 1. The Hall–Kier alpha value is -1.33. The largest absolute Gasteiger partial charge is 0.362 e. The molecule has 20 heavy (non-hydrogen) atoms. The molecular weight excluding hydrogens is 292 g/mol. The predicted octanol–water partition coefficient (Wildman–Crippen LogP) is 4.41. The number of aromatic nitrogens is 2. The Kier molecular flexibility index (Phi) is 4.83. The van der Waals surface area contributed by atoms with Gasteiger partial charge in [-0.1, -0.05) is 11.6 Å². The van der Waals surface area contributed by atoms with Gasteiger partial charge >= 0.3 is 0 Å². The van der Waals surface area contributed by atoms with E-state index < -0.39 is 0 Å². The summed E-state index contributed by atoms with van der Waals surface area (Å²) in [6.45, 7) is 9.15. The molecule has 2 aromatic heterocycles. The van der Waals surface area contributed by atoms with Crippen LogP contribution in [0, 0.1) is 13.8 Å². The average Bonchev–Trinajstić information content (AvgIpc) is 2.73. The van der Waals surface area contributed by atoms with Crippen LogP contribution in [0.15, 0.2) is 12.3 Å². The first-order chi connectivity index (χ1) is 9.51. The van der Waals surface area contributed by atoms with Crippen LogP contribution in [-0.4, -0.2) is 16.5 Å². The van der Waals surface area contributed by atoms with Crippen molar-refractivity contribution in [3.63, 3.8) is 0 Å². The van der Waals surface area contributed by atoms with Crippen LogP contribution in [0.3, 0.4) is 0 Å². The van der Waals surface area contributed by atoms with Crippen LogP contribution in [0.2, 0.25) is 5.02 Å². The summed E-state index contributed by atoms with van der Waals surface area (Å²) in [5.74, 6) is 1.25. The Morgan fingerprint density at radius 3 is 2.75 bits per heavy atom. The summed E-state index contributed by atoms with van der Waals surface area (Å²) in [6.07, 6.45) is 1.62. The molecule has 4 nitrogen and oxygen atoms in total. The van der Waals surface area contributed by atoms with Gasteiger partial charge in [0.05, 0.1) is 12.2 Å². The van der Waals surface area contributed by atoms with E-state index in [4.69, 9.17) is 11.6 Å². The molecule has 0 fully saturated rings. The normalized spacial score (nSPS) is 12.2. The highest BCUT2D eigenvalue weighted by molar-refractivity contribution is 7.12. The zero-order chi connectivity index (χ0) is 14.7. The van der Waals surface area contributed by atoms with Crippen molar-refractivity contribution in [2.45, 2.75) is 33.7 Å². The van der Waals surface area contributed by atoms with Crippen molar-refractivity contribution in [1.82, 2.24) is 9.97 Å². The molecule has 0 saturated heterocycles. The summed E-state index contributed by atoms with van der Waals surface area (Å²) in [5, 5.41) is 6.98. The van der Waals surface area contributed by atoms with Crippen LogP contribution in [0.4, 0.5) is 11.8 Å². The van der Waals surface area contributed by atoms with Gasteiger partial charge in [-0.3, -0.25) is 0 Å². The molecule has 1 unspecified atom stereocenters. The Balaban J connectivity index is 2.20. The van der Waals surface area contributed by atoms with E-state index in [9.17, 15) is 0 Å². The fourth-order valence-corrected chi connectivity index (χ4v) is 3.24. The van der Waals surface area contributed by atoms with E-state index in [1.807, 2.05) is 6.92 Å². The van der Waals surface area contributed by atoms with Gasteiger partial charge in [0.25, 0.3) is 0 Å². The summed E-state index contributed by atoms with van der Waals surface area (Å²) in [5.41, 5.74) is 1.28. The monoisotopic (exact) mass is 310 g/mol. The molecule has 0 aromatic carbocycles. The minimum atomic E-state index is 0.154. The zero-order valence-electron chi connectivity index (χ0n) is 12.1. The molecule has 0 amide bonds. The van der Waals surface area contributed by atoms with Crippen molar-refractivity contribution in [3.8, 4) is 0 Å². The van der Waals surface area contributed by atoms with Crippen LogP contribution in [-0.2, 0) is 0 Å². The second kappa shape index (κ2) is 6.41. The fourth-order valence-electron chi connectivity index (χ4n) is 2.07.